The van der Waals surface area contributed by atoms with Crippen LogP contribution in [0, 0.1) is 5.82 Å². The minimum Gasteiger partial charge on any atom is -0.496 e. The van der Waals surface area contributed by atoms with Crippen molar-refractivity contribution >= 4 is 23.4 Å². The van der Waals surface area contributed by atoms with Gasteiger partial charge in [-0.2, -0.15) is 0 Å². The van der Waals surface area contributed by atoms with E-state index in [9.17, 15) is 4.39 Å². The molecule has 0 aliphatic rings. The van der Waals surface area contributed by atoms with Crippen LogP contribution in [0.25, 0.3) is 11.4 Å². The Bertz CT molecular complexity index is 859. The standard InChI is InChI=1S/C17H15ClFN3O2S/c1-23-14-7-6-11(18)10-12(14)16-20-17(22-21-16)25-9-8-24-15-5-3-2-4-13(15)19/h2-7,10H,8-9H2,1H3,(H,20,21,22). The molecular formula is C17H15ClFN3O2S. The summed E-state index contributed by atoms with van der Waals surface area (Å²) in [5.41, 5.74) is 0.733. The summed E-state index contributed by atoms with van der Waals surface area (Å²) in [6, 6.07) is 11.6. The van der Waals surface area contributed by atoms with E-state index in [-0.39, 0.29) is 11.6 Å². The van der Waals surface area contributed by atoms with E-state index in [1.165, 1.54) is 17.8 Å². The van der Waals surface area contributed by atoms with Crippen molar-refractivity contribution in [2.45, 2.75) is 5.16 Å². The molecular weight excluding hydrogens is 365 g/mol. The van der Waals surface area contributed by atoms with Crippen LogP contribution in [0.4, 0.5) is 4.39 Å². The first kappa shape index (κ1) is 17.6. The zero-order valence-electron chi connectivity index (χ0n) is 13.3. The highest BCUT2D eigenvalue weighted by atomic mass is 35.5. The molecule has 8 heteroatoms. The molecule has 1 heterocycles. The largest absolute Gasteiger partial charge is 0.496 e. The van der Waals surface area contributed by atoms with Crippen molar-refractivity contribution in [1.82, 2.24) is 15.2 Å². The van der Waals surface area contributed by atoms with Gasteiger partial charge in [-0.15, -0.1) is 5.10 Å². The van der Waals surface area contributed by atoms with Crippen molar-refractivity contribution in [2.24, 2.45) is 0 Å². The second-order valence-corrected chi connectivity index (χ2v) is 6.44. The Hall–Kier alpha value is -2.25. The molecule has 3 rings (SSSR count). The Morgan fingerprint density at radius 1 is 1.20 bits per heavy atom. The second-order valence-electron chi connectivity index (χ2n) is 4.94. The van der Waals surface area contributed by atoms with Gasteiger partial charge in [-0.25, -0.2) is 9.37 Å². The molecule has 0 saturated heterocycles. The Labute approximate surface area is 153 Å². The summed E-state index contributed by atoms with van der Waals surface area (Å²) >= 11 is 7.44. The number of rotatable bonds is 7. The van der Waals surface area contributed by atoms with Crippen LogP contribution in [-0.4, -0.2) is 34.7 Å². The Morgan fingerprint density at radius 3 is 2.84 bits per heavy atom. The van der Waals surface area contributed by atoms with Crippen molar-refractivity contribution in [3.05, 3.63) is 53.3 Å². The van der Waals surface area contributed by atoms with Crippen LogP contribution in [0.1, 0.15) is 0 Å². The fourth-order valence-electron chi connectivity index (χ4n) is 2.14. The third-order valence-electron chi connectivity index (χ3n) is 3.29. The number of nitrogens with one attached hydrogen (secondary N) is 1. The highest BCUT2D eigenvalue weighted by Gasteiger charge is 2.12. The molecule has 0 saturated carbocycles. The van der Waals surface area contributed by atoms with Crippen molar-refractivity contribution in [1.29, 1.82) is 0 Å². The highest BCUT2D eigenvalue weighted by Crippen LogP contribution is 2.31. The van der Waals surface area contributed by atoms with E-state index in [1.807, 2.05) is 0 Å². The number of methoxy groups -OCH3 is 1. The minimum absolute atomic E-state index is 0.238. The fraction of sp³-hybridized carbons (Fsp3) is 0.176. The van der Waals surface area contributed by atoms with Gasteiger partial charge in [0.2, 0.25) is 5.16 Å². The summed E-state index contributed by atoms with van der Waals surface area (Å²) in [7, 11) is 1.58. The molecule has 3 aromatic rings. The lowest BCUT2D eigenvalue weighted by Crippen LogP contribution is -2.01. The van der Waals surface area contributed by atoms with Crippen molar-refractivity contribution in [2.75, 3.05) is 19.5 Å². The number of H-pyrrole nitrogens is 1. The lowest BCUT2D eigenvalue weighted by atomic mass is 10.2. The summed E-state index contributed by atoms with van der Waals surface area (Å²) in [4.78, 5) is 4.42. The van der Waals surface area contributed by atoms with Gasteiger partial charge in [0.25, 0.3) is 0 Å². The van der Waals surface area contributed by atoms with E-state index in [1.54, 1.807) is 43.5 Å². The predicted octanol–water partition coefficient (Wildman–Crippen LogP) is 4.44. The zero-order chi connectivity index (χ0) is 17.6. The van der Waals surface area contributed by atoms with Gasteiger partial charge >= 0.3 is 0 Å². The van der Waals surface area contributed by atoms with Crippen molar-refractivity contribution in [3.63, 3.8) is 0 Å². The molecule has 1 aromatic heterocycles. The number of thioether (sulfide) groups is 1. The molecule has 5 nitrogen and oxygen atoms in total. The SMILES string of the molecule is COc1ccc(Cl)cc1-c1nc(SCCOc2ccccc2F)n[nH]1. The number of aromatic nitrogens is 3. The molecule has 1 N–H and O–H groups in total. The molecule has 0 bridgehead atoms. The van der Waals surface area contributed by atoms with Gasteiger partial charge in [-0.05, 0) is 30.3 Å². The quantitative estimate of drug-likeness (QED) is 0.485. The highest BCUT2D eigenvalue weighted by molar-refractivity contribution is 7.99. The molecule has 0 unspecified atom stereocenters. The maximum atomic E-state index is 13.5. The van der Waals surface area contributed by atoms with Crippen molar-refractivity contribution < 1.29 is 13.9 Å². The topological polar surface area (TPSA) is 60.0 Å². The molecule has 0 aliphatic heterocycles. The normalized spacial score (nSPS) is 10.7. The molecule has 2 aromatic carbocycles. The first-order valence-corrected chi connectivity index (χ1v) is 8.80. The van der Waals surface area contributed by atoms with E-state index in [2.05, 4.69) is 15.2 Å². The predicted molar refractivity (Wildman–Crippen MR) is 96.0 cm³/mol. The van der Waals surface area contributed by atoms with E-state index in [0.29, 0.717) is 34.1 Å². The molecule has 0 radical (unpaired) electrons. The summed E-state index contributed by atoms with van der Waals surface area (Å²) in [6.07, 6.45) is 0. The Morgan fingerprint density at radius 2 is 2.04 bits per heavy atom. The summed E-state index contributed by atoms with van der Waals surface area (Å²) < 4.78 is 24.2. The van der Waals surface area contributed by atoms with Gasteiger partial charge in [-0.1, -0.05) is 35.5 Å². The maximum Gasteiger partial charge on any atom is 0.208 e. The molecule has 0 aliphatic carbocycles. The molecule has 0 atom stereocenters. The summed E-state index contributed by atoms with van der Waals surface area (Å²) in [6.45, 7) is 0.343. The number of hydrogen-bond donors (Lipinski definition) is 1. The smallest absolute Gasteiger partial charge is 0.208 e. The second kappa shape index (κ2) is 8.22. The Balaban J connectivity index is 1.59. The van der Waals surface area contributed by atoms with Crippen LogP contribution >= 0.6 is 23.4 Å². The number of para-hydroxylation sites is 1. The summed E-state index contributed by atoms with van der Waals surface area (Å²) in [5.74, 6) is 1.67. The number of halogens is 2. The summed E-state index contributed by atoms with van der Waals surface area (Å²) in [5, 5.41) is 8.18. The fourth-order valence-corrected chi connectivity index (χ4v) is 2.93. The van der Waals surface area contributed by atoms with E-state index < -0.39 is 0 Å². The minimum atomic E-state index is -0.374. The third-order valence-corrected chi connectivity index (χ3v) is 4.34. The lowest BCUT2D eigenvalue weighted by molar-refractivity contribution is 0.325. The van der Waals surface area contributed by atoms with Crippen LogP contribution in [0.2, 0.25) is 5.02 Å². The molecule has 130 valence electrons. The lowest BCUT2D eigenvalue weighted by Gasteiger charge is -2.06. The van der Waals surface area contributed by atoms with Gasteiger partial charge in [0, 0.05) is 10.8 Å². The molecule has 0 fully saturated rings. The monoisotopic (exact) mass is 379 g/mol. The van der Waals surface area contributed by atoms with E-state index >= 15 is 0 Å². The molecule has 0 spiro atoms. The average molecular weight is 380 g/mol. The van der Waals surface area contributed by atoms with Crippen LogP contribution in [0.15, 0.2) is 47.6 Å². The van der Waals surface area contributed by atoms with Crippen LogP contribution in [-0.2, 0) is 0 Å². The number of benzene rings is 2. The number of nitrogens with zero attached hydrogens (tertiary/aromatic N) is 2. The number of hydrogen-bond acceptors (Lipinski definition) is 5. The Kier molecular flexibility index (Phi) is 5.78. The first-order valence-electron chi connectivity index (χ1n) is 7.44. The maximum absolute atomic E-state index is 13.5. The van der Waals surface area contributed by atoms with Gasteiger partial charge in [0.1, 0.15) is 5.75 Å². The molecule has 25 heavy (non-hydrogen) atoms. The average Bonchev–Trinajstić information content (AvgIpc) is 3.09. The van der Waals surface area contributed by atoms with Crippen LogP contribution < -0.4 is 9.47 Å². The zero-order valence-corrected chi connectivity index (χ0v) is 14.9. The number of ether oxygens (including phenoxy) is 2. The van der Waals surface area contributed by atoms with Gasteiger partial charge < -0.3 is 9.47 Å². The first-order chi connectivity index (χ1) is 12.2. The van der Waals surface area contributed by atoms with Gasteiger partial charge in [-0.3, -0.25) is 5.10 Å². The van der Waals surface area contributed by atoms with Gasteiger partial charge in [0.15, 0.2) is 17.4 Å². The van der Waals surface area contributed by atoms with Crippen LogP contribution in [0.3, 0.4) is 0 Å². The van der Waals surface area contributed by atoms with E-state index in [4.69, 9.17) is 21.1 Å². The number of aromatic amines is 1. The van der Waals surface area contributed by atoms with Gasteiger partial charge in [0.05, 0.1) is 19.3 Å². The third kappa shape index (κ3) is 4.43. The van der Waals surface area contributed by atoms with Crippen LogP contribution in [0.5, 0.6) is 11.5 Å². The van der Waals surface area contributed by atoms with Crippen molar-refractivity contribution in [3.8, 4) is 22.9 Å². The molecule has 0 amide bonds. The van der Waals surface area contributed by atoms with E-state index in [0.717, 1.165) is 5.56 Å².